The van der Waals surface area contributed by atoms with E-state index in [-0.39, 0.29) is 0 Å². The van der Waals surface area contributed by atoms with Gasteiger partial charge in [-0.25, -0.2) is 12.7 Å². The molecule has 21 heavy (non-hydrogen) atoms. The molecule has 1 heterocycles. The van der Waals surface area contributed by atoms with E-state index in [0.717, 1.165) is 31.6 Å². The van der Waals surface area contributed by atoms with Crippen LogP contribution in [0.15, 0.2) is 29.2 Å². The van der Waals surface area contributed by atoms with E-state index in [2.05, 4.69) is 5.32 Å². The van der Waals surface area contributed by atoms with Crippen molar-refractivity contribution in [3.63, 3.8) is 0 Å². The van der Waals surface area contributed by atoms with Gasteiger partial charge in [-0.3, -0.25) is 0 Å². The Bertz CT molecular complexity index is 554. The highest BCUT2D eigenvalue weighted by atomic mass is 32.2. The van der Waals surface area contributed by atoms with E-state index in [4.69, 9.17) is 4.74 Å². The van der Waals surface area contributed by atoms with Gasteiger partial charge in [0.1, 0.15) is 0 Å². The van der Waals surface area contributed by atoms with Crippen LogP contribution in [-0.2, 0) is 21.3 Å². The van der Waals surface area contributed by atoms with Crippen molar-refractivity contribution in [1.82, 2.24) is 9.62 Å². The van der Waals surface area contributed by atoms with Crippen LogP contribution < -0.4 is 5.32 Å². The molecule has 1 saturated heterocycles. The van der Waals surface area contributed by atoms with Crippen molar-refractivity contribution in [2.45, 2.75) is 24.3 Å². The maximum absolute atomic E-state index is 12.8. The van der Waals surface area contributed by atoms with Crippen LogP contribution in [0.2, 0.25) is 0 Å². The molecule has 0 aliphatic carbocycles. The van der Waals surface area contributed by atoms with Crippen LogP contribution in [0.1, 0.15) is 18.4 Å². The van der Waals surface area contributed by atoms with E-state index >= 15 is 0 Å². The van der Waals surface area contributed by atoms with E-state index in [0.29, 0.717) is 23.9 Å². The fourth-order valence-corrected chi connectivity index (χ4v) is 4.12. The van der Waals surface area contributed by atoms with Gasteiger partial charge in [-0.15, -0.1) is 0 Å². The van der Waals surface area contributed by atoms with Crippen molar-refractivity contribution in [2.24, 2.45) is 5.92 Å². The second-order valence-corrected chi connectivity index (χ2v) is 7.49. The van der Waals surface area contributed by atoms with Gasteiger partial charge in [0.25, 0.3) is 0 Å². The van der Waals surface area contributed by atoms with Crippen LogP contribution in [0.25, 0.3) is 0 Å². The standard InChI is InChI=1S/C15H24N2O3S/c1-16-11-14-5-3-4-6-15(14)21(18,19)17(2)12-13-7-9-20-10-8-13/h3-6,13,16H,7-12H2,1-2H3. The Hall–Kier alpha value is -0.950. The Balaban J connectivity index is 2.16. The summed E-state index contributed by atoms with van der Waals surface area (Å²) in [5.41, 5.74) is 0.804. The van der Waals surface area contributed by atoms with Gasteiger partial charge in [-0.2, -0.15) is 0 Å². The number of nitrogens with zero attached hydrogens (tertiary/aromatic N) is 1. The van der Waals surface area contributed by atoms with Crippen LogP contribution >= 0.6 is 0 Å². The van der Waals surface area contributed by atoms with Gasteiger partial charge >= 0.3 is 0 Å². The third kappa shape index (κ3) is 4.03. The van der Waals surface area contributed by atoms with Crippen molar-refractivity contribution in [3.05, 3.63) is 29.8 Å². The minimum atomic E-state index is -3.44. The first-order valence-corrected chi connectivity index (χ1v) is 8.76. The molecule has 1 aromatic carbocycles. The van der Waals surface area contributed by atoms with E-state index in [1.54, 1.807) is 19.2 Å². The second-order valence-electron chi connectivity index (χ2n) is 5.48. The van der Waals surface area contributed by atoms with Crippen LogP contribution in [0, 0.1) is 5.92 Å². The van der Waals surface area contributed by atoms with E-state index in [1.165, 1.54) is 4.31 Å². The molecule has 1 aliphatic heterocycles. The maximum atomic E-state index is 12.8. The zero-order chi connectivity index (χ0) is 15.3. The Kier molecular flexibility index (Phi) is 5.75. The average molecular weight is 312 g/mol. The van der Waals surface area contributed by atoms with Gasteiger partial charge < -0.3 is 10.1 Å². The Morgan fingerprint density at radius 1 is 1.29 bits per heavy atom. The summed E-state index contributed by atoms with van der Waals surface area (Å²) < 4.78 is 32.3. The highest BCUT2D eigenvalue weighted by molar-refractivity contribution is 7.89. The van der Waals surface area contributed by atoms with Crippen molar-refractivity contribution in [2.75, 3.05) is 33.9 Å². The molecule has 1 aromatic rings. The molecule has 1 N–H and O–H groups in total. The van der Waals surface area contributed by atoms with E-state index < -0.39 is 10.0 Å². The molecule has 1 aliphatic rings. The number of sulfonamides is 1. The van der Waals surface area contributed by atoms with Crippen LogP contribution in [0.4, 0.5) is 0 Å². The summed E-state index contributed by atoms with van der Waals surface area (Å²) in [6, 6.07) is 7.17. The SMILES string of the molecule is CNCc1ccccc1S(=O)(=O)N(C)CC1CCOCC1. The lowest BCUT2D eigenvalue weighted by Gasteiger charge is -2.27. The summed E-state index contributed by atoms with van der Waals surface area (Å²) >= 11 is 0. The smallest absolute Gasteiger partial charge is 0.243 e. The van der Waals surface area contributed by atoms with E-state index in [9.17, 15) is 8.42 Å². The fraction of sp³-hybridized carbons (Fsp3) is 0.600. The highest BCUT2D eigenvalue weighted by Gasteiger charge is 2.26. The molecule has 5 nitrogen and oxygen atoms in total. The molecule has 0 bridgehead atoms. The largest absolute Gasteiger partial charge is 0.381 e. The maximum Gasteiger partial charge on any atom is 0.243 e. The average Bonchev–Trinajstić information content (AvgIpc) is 2.49. The van der Waals surface area contributed by atoms with Crippen LogP contribution in [0.3, 0.4) is 0 Å². The van der Waals surface area contributed by atoms with Gasteiger partial charge in [-0.05, 0) is 37.4 Å². The molecule has 1 fully saturated rings. The molecule has 2 rings (SSSR count). The van der Waals surface area contributed by atoms with Gasteiger partial charge in [0.05, 0.1) is 4.90 Å². The normalized spacial score (nSPS) is 17.3. The third-order valence-corrected chi connectivity index (χ3v) is 5.81. The highest BCUT2D eigenvalue weighted by Crippen LogP contribution is 2.22. The van der Waals surface area contributed by atoms with Crippen LogP contribution in [0.5, 0.6) is 0 Å². The second kappa shape index (κ2) is 7.35. The minimum Gasteiger partial charge on any atom is -0.381 e. The number of hydrogen-bond donors (Lipinski definition) is 1. The van der Waals surface area contributed by atoms with Gasteiger partial charge in [0.15, 0.2) is 0 Å². The van der Waals surface area contributed by atoms with Gasteiger partial charge in [0.2, 0.25) is 10.0 Å². The van der Waals surface area contributed by atoms with Crippen molar-refractivity contribution >= 4 is 10.0 Å². The summed E-state index contributed by atoms with van der Waals surface area (Å²) in [5, 5.41) is 3.02. The topological polar surface area (TPSA) is 58.6 Å². The van der Waals surface area contributed by atoms with E-state index in [1.807, 2.05) is 19.2 Å². The molecule has 0 radical (unpaired) electrons. The van der Waals surface area contributed by atoms with Gasteiger partial charge in [0, 0.05) is 33.4 Å². The molecule has 6 heteroatoms. The monoisotopic (exact) mass is 312 g/mol. The van der Waals surface area contributed by atoms with Gasteiger partial charge in [-0.1, -0.05) is 18.2 Å². The summed E-state index contributed by atoms with van der Waals surface area (Å²) in [6.07, 6.45) is 1.86. The minimum absolute atomic E-state index is 0.384. The molecule has 0 saturated carbocycles. The molecule has 0 amide bonds. The Labute approximate surface area is 127 Å². The number of nitrogens with one attached hydrogen (secondary N) is 1. The summed E-state index contributed by atoms with van der Waals surface area (Å²) in [7, 11) is 0.0435. The first-order valence-electron chi connectivity index (χ1n) is 7.32. The lowest BCUT2D eigenvalue weighted by atomic mass is 10.0. The van der Waals surface area contributed by atoms with Crippen molar-refractivity contribution < 1.29 is 13.2 Å². The van der Waals surface area contributed by atoms with Crippen LogP contribution in [-0.4, -0.2) is 46.6 Å². The number of benzene rings is 1. The first kappa shape index (κ1) is 16.4. The number of ether oxygens (including phenoxy) is 1. The summed E-state index contributed by atoms with van der Waals surface area (Å²) in [5.74, 6) is 0.384. The predicted octanol–water partition coefficient (Wildman–Crippen LogP) is 1.45. The molecule has 0 atom stereocenters. The zero-order valence-electron chi connectivity index (χ0n) is 12.7. The number of hydrogen-bond acceptors (Lipinski definition) is 4. The quantitative estimate of drug-likeness (QED) is 0.864. The third-order valence-electron chi connectivity index (χ3n) is 3.88. The molecule has 0 unspecified atom stereocenters. The Morgan fingerprint density at radius 3 is 2.62 bits per heavy atom. The lowest BCUT2D eigenvalue weighted by molar-refractivity contribution is 0.0620. The lowest BCUT2D eigenvalue weighted by Crippen LogP contribution is -2.34. The van der Waals surface area contributed by atoms with Crippen molar-refractivity contribution in [1.29, 1.82) is 0 Å². The molecule has 0 aromatic heterocycles. The number of rotatable bonds is 6. The Morgan fingerprint density at radius 2 is 1.95 bits per heavy atom. The predicted molar refractivity (Wildman–Crippen MR) is 82.6 cm³/mol. The summed E-state index contributed by atoms with van der Waals surface area (Å²) in [4.78, 5) is 0.397. The fourth-order valence-electron chi connectivity index (χ4n) is 2.65. The van der Waals surface area contributed by atoms with Crippen molar-refractivity contribution in [3.8, 4) is 0 Å². The molecular formula is C15H24N2O3S. The zero-order valence-corrected chi connectivity index (χ0v) is 13.5. The first-order chi connectivity index (χ1) is 10.1. The summed E-state index contributed by atoms with van der Waals surface area (Å²) in [6.45, 7) is 2.56. The molecular weight excluding hydrogens is 288 g/mol. The molecule has 118 valence electrons. The molecule has 0 spiro atoms.